The van der Waals surface area contributed by atoms with E-state index in [1.165, 1.54) is 18.2 Å². The van der Waals surface area contributed by atoms with Gasteiger partial charge in [0.2, 0.25) is 0 Å². The molecule has 1 aromatic carbocycles. The molecule has 100 valence electrons. The molecule has 0 fully saturated rings. The lowest BCUT2D eigenvalue weighted by Gasteiger charge is -2.09. The number of rotatable bonds is 1. The number of nitrogens with one attached hydrogen (secondary N) is 1. The number of halogens is 5. The van der Waals surface area contributed by atoms with Crippen molar-refractivity contribution in [1.29, 1.82) is 0 Å². The lowest BCUT2D eigenvalue weighted by Crippen LogP contribution is -2.13. The van der Waals surface area contributed by atoms with Gasteiger partial charge in [-0.15, -0.1) is 0 Å². The summed E-state index contributed by atoms with van der Waals surface area (Å²) in [4.78, 5) is 13.5. The first-order chi connectivity index (χ1) is 8.75. The Hall–Kier alpha value is -1.46. The van der Waals surface area contributed by atoms with Crippen LogP contribution in [0.1, 0.15) is 5.69 Å². The number of benzene rings is 1. The molecular formula is C12H6Cl2F3NO. The van der Waals surface area contributed by atoms with E-state index in [1.54, 1.807) is 0 Å². The lowest BCUT2D eigenvalue weighted by atomic mass is 10.1. The smallest absolute Gasteiger partial charge is 0.351 e. The minimum absolute atomic E-state index is 0.00391. The highest BCUT2D eigenvalue weighted by Crippen LogP contribution is 2.30. The van der Waals surface area contributed by atoms with Crippen LogP contribution >= 0.6 is 23.2 Å². The molecule has 0 unspecified atom stereocenters. The Morgan fingerprint density at radius 1 is 0.947 bits per heavy atom. The van der Waals surface area contributed by atoms with Crippen LogP contribution in [0.3, 0.4) is 0 Å². The highest BCUT2D eigenvalue weighted by atomic mass is 35.5. The van der Waals surface area contributed by atoms with Gasteiger partial charge in [0.05, 0.1) is 0 Å². The van der Waals surface area contributed by atoms with E-state index in [2.05, 4.69) is 4.98 Å². The van der Waals surface area contributed by atoms with E-state index in [0.717, 1.165) is 6.07 Å². The maximum absolute atomic E-state index is 12.6. The Labute approximate surface area is 115 Å². The first kappa shape index (κ1) is 14.0. The minimum atomic E-state index is -4.63. The molecule has 0 saturated heterocycles. The summed E-state index contributed by atoms with van der Waals surface area (Å²) in [5.41, 5.74) is -1.56. The van der Waals surface area contributed by atoms with Gasteiger partial charge in [0.1, 0.15) is 5.69 Å². The topological polar surface area (TPSA) is 32.9 Å². The largest absolute Gasteiger partial charge is 0.431 e. The first-order valence-corrected chi connectivity index (χ1v) is 5.79. The van der Waals surface area contributed by atoms with Crippen LogP contribution in [0.2, 0.25) is 10.0 Å². The van der Waals surface area contributed by atoms with Crippen molar-refractivity contribution < 1.29 is 13.2 Å². The average molecular weight is 308 g/mol. The molecule has 1 heterocycles. The second kappa shape index (κ2) is 4.90. The summed E-state index contributed by atoms with van der Waals surface area (Å²) in [5, 5.41) is 0.529. The van der Waals surface area contributed by atoms with Crippen molar-refractivity contribution in [3.63, 3.8) is 0 Å². The van der Waals surface area contributed by atoms with E-state index in [4.69, 9.17) is 23.2 Å². The Morgan fingerprint density at radius 2 is 1.53 bits per heavy atom. The highest BCUT2D eigenvalue weighted by molar-refractivity contribution is 6.35. The summed E-state index contributed by atoms with van der Waals surface area (Å²) < 4.78 is 37.8. The summed E-state index contributed by atoms with van der Waals surface area (Å²) in [6.45, 7) is 0. The van der Waals surface area contributed by atoms with Gasteiger partial charge in [-0.05, 0) is 18.2 Å². The van der Waals surface area contributed by atoms with E-state index in [9.17, 15) is 18.0 Å². The Kier molecular flexibility index (Phi) is 3.60. The molecule has 0 radical (unpaired) electrons. The molecule has 0 aliphatic carbocycles. The number of H-pyrrole nitrogens is 1. The van der Waals surface area contributed by atoms with Crippen LogP contribution in [0.15, 0.2) is 35.1 Å². The number of hydrogen-bond donors (Lipinski definition) is 1. The van der Waals surface area contributed by atoms with Gasteiger partial charge in [0.25, 0.3) is 0 Å². The van der Waals surface area contributed by atoms with Gasteiger partial charge in [-0.25, -0.2) is 0 Å². The summed E-state index contributed by atoms with van der Waals surface area (Å²) in [5.74, 6) is 0. The molecular weight excluding hydrogens is 302 g/mol. The van der Waals surface area contributed by atoms with Crippen molar-refractivity contribution in [3.05, 3.63) is 56.3 Å². The van der Waals surface area contributed by atoms with Crippen molar-refractivity contribution in [1.82, 2.24) is 4.98 Å². The maximum Gasteiger partial charge on any atom is 0.431 e. The van der Waals surface area contributed by atoms with Crippen molar-refractivity contribution in [3.8, 4) is 11.3 Å². The Bertz CT molecular complexity index is 659. The van der Waals surface area contributed by atoms with Gasteiger partial charge >= 0.3 is 6.18 Å². The summed E-state index contributed by atoms with van der Waals surface area (Å²) >= 11 is 11.5. The summed E-state index contributed by atoms with van der Waals surface area (Å²) in [6.07, 6.45) is -4.63. The van der Waals surface area contributed by atoms with E-state index < -0.39 is 17.3 Å². The molecule has 1 aromatic heterocycles. The van der Waals surface area contributed by atoms with Crippen LogP contribution < -0.4 is 5.43 Å². The van der Waals surface area contributed by atoms with Gasteiger partial charge < -0.3 is 4.98 Å². The second-order valence-corrected chi connectivity index (χ2v) is 4.67. The van der Waals surface area contributed by atoms with Crippen LogP contribution in [-0.4, -0.2) is 4.98 Å². The number of aromatic amines is 1. The molecule has 0 amide bonds. The number of aromatic nitrogens is 1. The summed E-state index contributed by atoms with van der Waals surface area (Å²) in [6, 6.07) is 5.82. The molecule has 7 heteroatoms. The molecule has 2 aromatic rings. The van der Waals surface area contributed by atoms with Gasteiger partial charge in [0, 0.05) is 33.4 Å². The predicted molar refractivity (Wildman–Crippen MR) is 67.5 cm³/mol. The third kappa shape index (κ3) is 3.30. The number of alkyl halides is 3. The average Bonchev–Trinajstić information content (AvgIpc) is 2.25. The molecule has 0 saturated carbocycles. The summed E-state index contributed by atoms with van der Waals surface area (Å²) in [7, 11) is 0. The standard InChI is InChI=1S/C12H6Cl2F3NO/c13-7-1-6(2-8(14)3-7)10-4-9(19)5-11(18-10)12(15,16)17/h1-5H,(H,18,19). The SMILES string of the molecule is O=c1cc(-c2cc(Cl)cc(Cl)c2)[nH]c(C(F)(F)F)c1. The molecule has 0 atom stereocenters. The molecule has 0 spiro atoms. The zero-order valence-corrected chi connectivity index (χ0v) is 10.7. The van der Waals surface area contributed by atoms with Gasteiger partial charge in [-0.3, -0.25) is 4.79 Å². The zero-order valence-electron chi connectivity index (χ0n) is 9.18. The van der Waals surface area contributed by atoms with E-state index in [-0.39, 0.29) is 15.7 Å². The van der Waals surface area contributed by atoms with E-state index in [0.29, 0.717) is 11.6 Å². The Morgan fingerprint density at radius 3 is 2.05 bits per heavy atom. The molecule has 0 aliphatic heterocycles. The molecule has 19 heavy (non-hydrogen) atoms. The maximum atomic E-state index is 12.6. The fourth-order valence-corrected chi connectivity index (χ4v) is 2.09. The van der Waals surface area contributed by atoms with Crippen LogP contribution in [0, 0.1) is 0 Å². The zero-order chi connectivity index (χ0) is 14.2. The fraction of sp³-hybridized carbons (Fsp3) is 0.0833. The lowest BCUT2D eigenvalue weighted by molar-refractivity contribution is -0.141. The molecule has 0 aliphatic rings. The third-order valence-electron chi connectivity index (χ3n) is 2.32. The van der Waals surface area contributed by atoms with Crippen molar-refractivity contribution in [2.24, 2.45) is 0 Å². The number of pyridine rings is 1. The monoisotopic (exact) mass is 307 g/mol. The Balaban J connectivity index is 2.63. The molecule has 2 rings (SSSR count). The van der Waals surface area contributed by atoms with Crippen LogP contribution in [-0.2, 0) is 6.18 Å². The van der Waals surface area contributed by atoms with Crippen molar-refractivity contribution in [2.75, 3.05) is 0 Å². The van der Waals surface area contributed by atoms with Crippen molar-refractivity contribution in [2.45, 2.75) is 6.18 Å². The van der Waals surface area contributed by atoms with Crippen LogP contribution in [0.25, 0.3) is 11.3 Å². The normalized spacial score (nSPS) is 11.6. The van der Waals surface area contributed by atoms with E-state index >= 15 is 0 Å². The molecule has 0 bridgehead atoms. The first-order valence-electron chi connectivity index (χ1n) is 5.04. The van der Waals surface area contributed by atoms with Gasteiger partial charge in [-0.1, -0.05) is 23.2 Å². The number of hydrogen-bond acceptors (Lipinski definition) is 1. The van der Waals surface area contributed by atoms with Gasteiger partial charge in [-0.2, -0.15) is 13.2 Å². The fourth-order valence-electron chi connectivity index (χ4n) is 1.56. The third-order valence-corrected chi connectivity index (χ3v) is 2.76. The minimum Gasteiger partial charge on any atom is -0.351 e. The van der Waals surface area contributed by atoms with Gasteiger partial charge in [0.15, 0.2) is 5.43 Å². The van der Waals surface area contributed by atoms with Crippen molar-refractivity contribution >= 4 is 23.2 Å². The van der Waals surface area contributed by atoms with Crippen LogP contribution in [0.5, 0.6) is 0 Å². The van der Waals surface area contributed by atoms with Crippen LogP contribution in [0.4, 0.5) is 13.2 Å². The second-order valence-electron chi connectivity index (χ2n) is 3.80. The molecule has 1 N–H and O–H groups in total. The van der Waals surface area contributed by atoms with E-state index in [1.807, 2.05) is 0 Å². The highest BCUT2D eigenvalue weighted by Gasteiger charge is 2.32. The quantitative estimate of drug-likeness (QED) is 0.834. The molecule has 2 nitrogen and oxygen atoms in total. The predicted octanol–water partition coefficient (Wildman–Crippen LogP) is 4.37.